The van der Waals surface area contributed by atoms with Crippen LogP contribution in [-0.2, 0) is 17.5 Å². The average Bonchev–Trinajstić information content (AvgIpc) is 2.75. The van der Waals surface area contributed by atoms with Gasteiger partial charge in [0.05, 0.1) is 0 Å². The number of carbonyl (C=O) groups excluding carboxylic acids is 1. The summed E-state index contributed by atoms with van der Waals surface area (Å²) >= 11 is 0. The number of ether oxygens (including phenoxy) is 1. The standard InChI is InChI=1S/C15H21F3N4O2/c1-13(2,3)24-12(23)21-7-14(8-21)4-10(5-14)6-22-11(15(16,17)18)19-9-20-22/h9-10H,4-8H2,1-3H3. The molecule has 134 valence electrons. The van der Waals surface area contributed by atoms with Crippen molar-refractivity contribution in [3.05, 3.63) is 12.2 Å². The Morgan fingerprint density at radius 1 is 1.33 bits per heavy atom. The summed E-state index contributed by atoms with van der Waals surface area (Å²) in [6, 6.07) is 0. The topological polar surface area (TPSA) is 60.2 Å². The lowest BCUT2D eigenvalue weighted by Crippen LogP contribution is -2.64. The first-order valence-corrected chi connectivity index (χ1v) is 7.90. The summed E-state index contributed by atoms with van der Waals surface area (Å²) in [6.45, 7) is 6.88. The van der Waals surface area contributed by atoms with Gasteiger partial charge in [-0.05, 0) is 39.5 Å². The number of aromatic nitrogens is 3. The van der Waals surface area contributed by atoms with Gasteiger partial charge in [-0.3, -0.25) is 0 Å². The number of hydrogen-bond donors (Lipinski definition) is 0. The van der Waals surface area contributed by atoms with Crippen LogP contribution in [0.25, 0.3) is 0 Å². The maximum atomic E-state index is 12.8. The highest BCUT2D eigenvalue weighted by atomic mass is 19.4. The van der Waals surface area contributed by atoms with Gasteiger partial charge in [-0.25, -0.2) is 14.5 Å². The van der Waals surface area contributed by atoms with E-state index in [1.165, 1.54) is 0 Å². The quantitative estimate of drug-likeness (QED) is 0.826. The molecule has 1 saturated carbocycles. The van der Waals surface area contributed by atoms with Crippen LogP contribution in [-0.4, -0.2) is 44.4 Å². The second kappa shape index (κ2) is 5.35. The molecule has 1 aliphatic carbocycles. The molecule has 24 heavy (non-hydrogen) atoms. The summed E-state index contributed by atoms with van der Waals surface area (Å²) in [5.74, 6) is -0.818. The highest BCUT2D eigenvalue weighted by molar-refractivity contribution is 5.69. The minimum atomic E-state index is -4.48. The zero-order valence-corrected chi connectivity index (χ0v) is 13.9. The van der Waals surface area contributed by atoms with Gasteiger partial charge in [0.1, 0.15) is 11.9 Å². The number of carbonyl (C=O) groups is 1. The minimum absolute atomic E-state index is 0.0422. The molecule has 1 aliphatic heterocycles. The molecule has 1 spiro atoms. The highest BCUT2D eigenvalue weighted by Gasteiger charge is 2.54. The monoisotopic (exact) mass is 346 g/mol. The van der Waals surface area contributed by atoms with Crippen LogP contribution in [0.4, 0.5) is 18.0 Å². The molecule has 0 unspecified atom stereocenters. The van der Waals surface area contributed by atoms with Crippen molar-refractivity contribution < 1.29 is 22.7 Å². The van der Waals surface area contributed by atoms with Gasteiger partial charge in [0.2, 0.25) is 5.82 Å². The van der Waals surface area contributed by atoms with Crippen LogP contribution in [0.2, 0.25) is 0 Å². The number of nitrogens with zero attached hydrogens (tertiary/aromatic N) is 4. The van der Waals surface area contributed by atoms with Gasteiger partial charge in [0, 0.05) is 25.0 Å². The van der Waals surface area contributed by atoms with Gasteiger partial charge in [-0.2, -0.15) is 18.3 Å². The predicted molar refractivity (Wildman–Crippen MR) is 78.0 cm³/mol. The number of alkyl halides is 3. The Kier molecular flexibility index (Phi) is 3.80. The molecule has 1 aromatic heterocycles. The molecule has 3 rings (SSSR count). The molecular formula is C15H21F3N4O2. The zero-order valence-electron chi connectivity index (χ0n) is 13.9. The van der Waals surface area contributed by atoms with E-state index < -0.39 is 17.6 Å². The third-order valence-electron chi connectivity index (χ3n) is 4.45. The second-order valence-corrected chi connectivity index (χ2v) is 7.87. The van der Waals surface area contributed by atoms with E-state index in [-0.39, 0.29) is 24.0 Å². The molecule has 2 aliphatic rings. The molecule has 1 saturated heterocycles. The maximum Gasteiger partial charge on any atom is 0.451 e. The van der Waals surface area contributed by atoms with Gasteiger partial charge in [0.15, 0.2) is 0 Å². The normalized spacial score (nSPS) is 20.7. The smallest absolute Gasteiger partial charge is 0.444 e. The van der Waals surface area contributed by atoms with Crippen molar-refractivity contribution in [2.75, 3.05) is 13.1 Å². The zero-order chi connectivity index (χ0) is 17.8. The predicted octanol–water partition coefficient (Wildman–Crippen LogP) is 2.94. The van der Waals surface area contributed by atoms with Gasteiger partial charge in [-0.1, -0.05) is 0 Å². The fourth-order valence-electron chi connectivity index (χ4n) is 3.63. The SMILES string of the molecule is CC(C)(C)OC(=O)N1CC2(CC(Cn3ncnc3C(F)(F)F)C2)C1. The van der Waals surface area contributed by atoms with E-state index in [2.05, 4.69) is 10.1 Å². The molecule has 0 N–H and O–H groups in total. The summed E-state index contributed by atoms with van der Waals surface area (Å²) in [4.78, 5) is 16.9. The van der Waals surface area contributed by atoms with Crippen LogP contribution >= 0.6 is 0 Å². The summed E-state index contributed by atoms with van der Waals surface area (Å²) in [6.07, 6.45) is -2.29. The Morgan fingerprint density at radius 3 is 2.50 bits per heavy atom. The number of halogens is 3. The van der Waals surface area contributed by atoms with Crippen LogP contribution < -0.4 is 0 Å². The molecule has 1 amide bonds. The summed E-state index contributed by atoms with van der Waals surface area (Å²) in [7, 11) is 0. The summed E-state index contributed by atoms with van der Waals surface area (Å²) in [5, 5.41) is 3.68. The maximum absolute atomic E-state index is 12.8. The van der Waals surface area contributed by atoms with Gasteiger partial charge in [0.25, 0.3) is 0 Å². The summed E-state index contributed by atoms with van der Waals surface area (Å²) < 4.78 is 44.6. The third kappa shape index (κ3) is 3.34. The first kappa shape index (κ1) is 17.0. The number of rotatable bonds is 2. The summed E-state index contributed by atoms with van der Waals surface area (Å²) in [5.41, 5.74) is -0.483. The van der Waals surface area contributed by atoms with Gasteiger partial charge < -0.3 is 9.64 Å². The first-order chi connectivity index (χ1) is 11.0. The first-order valence-electron chi connectivity index (χ1n) is 7.90. The van der Waals surface area contributed by atoms with Crippen molar-refractivity contribution in [1.82, 2.24) is 19.7 Å². The van der Waals surface area contributed by atoms with Crippen molar-refractivity contribution in [3.8, 4) is 0 Å². The van der Waals surface area contributed by atoms with Crippen LogP contribution in [0, 0.1) is 11.3 Å². The Balaban J connectivity index is 1.48. The van der Waals surface area contributed by atoms with Crippen molar-refractivity contribution in [1.29, 1.82) is 0 Å². The fraction of sp³-hybridized carbons (Fsp3) is 0.800. The number of hydrogen-bond acceptors (Lipinski definition) is 4. The van der Waals surface area contributed by atoms with Crippen molar-refractivity contribution in [2.24, 2.45) is 11.3 Å². The number of amides is 1. The lowest BCUT2D eigenvalue weighted by molar-refractivity contribution is -0.149. The molecule has 6 nitrogen and oxygen atoms in total. The highest BCUT2D eigenvalue weighted by Crippen LogP contribution is 2.52. The molecule has 2 heterocycles. The lowest BCUT2D eigenvalue weighted by atomic mass is 9.58. The van der Waals surface area contributed by atoms with E-state index in [1.54, 1.807) is 4.90 Å². The number of likely N-dealkylation sites (tertiary alicyclic amines) is 1. The molecule has 2 fully saturated rings. The van der Waals surface area contributed by atoms with E-state index >= 15 is 0 Å². The second-order valence-electron chi connectivity index (χ2n) is 7.87. The van der Waals surface area contributed by atoms with Crippen LogP contribution in [0.5, 0.6) is 0 Å². The fourth-order valence-corrected chi connectivity index (χ4v) is 3.63. The van der Waals surface area contributed by atoms with E-state index in [0.29, 0.717) is 13.1 Å². The van der Waals surface area contributed by atoms with Crippen LogP contribution in [0.3, 0.4) is 0 Å². The van der Waals surface area contributed by atoms with E-state index in [1.807, 2.05) is 20.8 Å². The largest absolute Gasteiger partial charge is 0.451 e. The minimum Gasteiger partial charge on any atom is -0.444 e. The van der Waals surface area contributed by atoms with Gasteiger partial charge >= 0.3 is 12.3 Å². The van der Waals surface area contributed by atoms with Crippen molar-refractivity contribution in [2.45, 2.75) is 51.9 Å². The van der Waals surface area contributed by atoms with Gasteiger partial charge in [-0.15, -0.1) is 0 Å². The Labute approximate surface area is 138 Å². The van der Waals surface area contributed by atoms with E-state index in [9.17, 15) is 18.0 Å². The average molecular weight is 346 g/mol. The lowest BCUT2D eigenvalue weighted by Gasteiger charge is -2.58. The van der Waals surface area contributed by atoms with Crippen LogP contribution in [0.15, 0.2) is 6.33 Å². The van der Waals surface area contributed by atoms with Crippen molar-refractivity contribution in [3.63, 3.8) is 0 Å². The Morgan fingerprint density at radius 2 is 1.96 bits per heavy atom. The molecule has 0 radical (unpaired) electrons. The van der Waals surface area contributed by atoms with E-state index in [4.69, 9.17) is 4.74 Å². The molecule has 1 aromatic rings. The molecule has 0 atom stereocenters. The van der Waals surface area contributed by atoms with E-state index in [0.717, 1.165) is 23.9 Å². The Hall–Kier alpha value is -1.80. The molecular weight excluding hydrogens is 325 g/mol. The van der Waals surface area contributed by atoms with Crippen LogP contribution in [0.1, 0.15) is 39.4 Å². The molecule has 0 aromatic carbocycles. The Bertz CT molecular complexity index is 621. The molecule has 0 bridgehead atoms. The third-order valence-corrected chi connectivity index (χ3v) is 4.45. The molecule has 9 heteroatoms. The van der Waals surface area contributed by atoms with Crippen molar-refractivity contribution >= 4 is 6.09 Å².